The molecule has 0 atom stereocenters. The molecule has 1 fully saturated rings. The zero-order valence-electron chi connectivity index (χ0n) is 14.6. The van der Waals surface area contributed by atoms with Gasteiger partial charge in [0.1, 0.15) is 35.8 Å². The van der Waals surface area contributed by atoms with Crippen LogP contribution < -0.4 is 4.74 Å². The third-order valence-electron chi connectivity index (χ3n) is 4.44. The maximum absolute atomic E-state index is 11.6. The Bertz CT molecular complexity index is 779. The summed E-state index contributed by atoms with van der Waals surface area (Å²) in [6.07, 6.45) is 3.10. The predicted octanol–water partition coefficient (Wildman–Crippen LogP) is -0.540. The number of likely N-dealkylation sites (tertiary alicyclic amines) is 1. The molecule has 11 heteroatoms. The largest absolute Gasteiger partial charge is 0.507 e. The number of nitrogens with zero attached hydrogens (tertiary/aromatic N) is 4. The number of carbonyl (C=O) groups is 1. The standard InChI is InChI=1S/C16H21BN4O6/c22-15-11(3-4-17(25)26)1-2-13(14(15)16(23)24)27-12-7-20(8-12)5-6-21-10-18-9-19-21/h1-2,9-10,12,22,25-26H,3-8H2,(H,23,24). The van der Waals surface area contributed by atoms with Gasteiger partial charge in [0.2, 0.25) is 0 Å². The molecule has 0 amide bonds. The minimum atomic E-state index is -1.52. The van der Waals surface area contributed by atoms with E-state index >= 15 is 0 Å². The van der Waals surface area contributed by atoms with Crippen molar-refractivity contribution in [2.24, 2.45) is 0 Å². The molecule has 1 aliphatic heterocycles. The molecule has 2 aromatic rings. The van der Waals surface area contributed by atoms with Gasteiger partial charge in [-0.15, -0.1) is 0 Å². The van der Waals surface area contributed by atoms with Crippen LogP contribution in [0.4, 0.5) is 0 Å². The third kappa shape index (κ3) is 4.76. The average Bonchev–Trinajstić information content (AvgIpc) is 3.08. The molecule has 3 rings (SSSR count). The lowest BCUT2D eigenvalue weighted by molar-refractivity contribution is 0.0163. The van der Waals surface area contributed by atoms with E-state index in [1.165, 1.54) is 12.4 Å². The van der Waals surface area contributed by atoms with Gasteiger partial charge in [0.05, 0.1) is 6.54 Å². The van der Waals surface area contributed by atoms with Crippen LogP contribution in [0.25, 0.3) is 0 Å². The summed E-state index contributed by atoms with van der Waals surface area (Å²) in [5, 5.41) is 41.6. The zero-order valence-corrected chi connectivity index (χ0v) is 14.6. The molecule has 0 aliphatic carbocycles. The fraction of sp³-hybridized carbons (Fsp3) is 0.438. The van der Waals surface area contributed by atoms with Crippen LogP contribution in [0.5, 0.6) is 11.5 Å². The van der Waals surface area contributed by atoms with Crippen LogP contribution in [0, 0.1) is 0 Å². The van der Waals surface area contributed by atoms with E-state index in [9.17, 15) is 15.0 Å². The van der Waals surface area contributed by atoms with Gasteiger partial charge in [-0.25, -0.2) is 9.78 Å². The summed E-state index contributed by atoms with van der Waals surface area (Å²) in [6.45, 7) is 2.78. The zero-order chi connectivity index (χ0) is 19.4. The number of aromatic hydroxyl groups is 1. The van der Waals surface area contributed by atoms with Crippen LogP contribution >= 0.6 is 0 Å². The topological polar surface area (TPSA) is 141 Å². The lowest BCUT2D eigenvalue weighted by atomic mass is 9.82. The normalized spacial score (nSPS) is 14.7. The number of benzene rings is 1. The SMILES string of the molecule is O=C(O)c1c(OC2CN(CCn3cncn3)C2)ccc(CCB(O)O)c1O. The smallest absolute Gasteiger partial charge is 0.451 e. The average molecular weight is 376 g/mol. The quantitative estimate of drug-likeness (QED) is 0.425. The predicted molar refractivity (Wildman–Crippen MR) is 94.6 cm³/mol. The van der Waals surface area contributed by atoms with E-state index in [1.807, 2.05) is 0 Å². The lowest BCUT2D eigenvalue weighted by Gasteiger charge is -2.39. The Kier molecular flexibility index (Phi) is 5.94. The van der Waals surface area contributed by atoms with Gasteiger partial charge in [0, 0.05) is 19.6 Å². The van der Waals surface area contributed by atoms with Gasteiger partial charge in [-0.05, 0) is 24.4 Å². The van der Waals surface area contributed by atoms with Gasteiger partial charge in [-0.3, -0.25) is 9.58 Å². The van der Waals surface area contributed by atoms with Gasteiger partial charge in [-0.2, -0.15) is 5.10 Å². The molecule has 0 radical (unpaired) electrons. The summed E-state index contributed by atoms with van der Waals surface area (Å²) < 4.78 is 7.49. The molecule has 2 heterocycles. The molecule has 0 bridgehead atoms. The summed E-state index contributed by atoms with van der Waals surface area (Å²) in [4.78, 5) is 17.6. The van der Waals surface area contributed by atoms with Crippen molar-refractivity contribution in [3.8, 4) is 11.5 Å². The van der Waals surface area contributed by atoms with E-state index in [1.54, 1.807) is 17.1 Å². The van der Waals surface area contributed by atoms with Crippen LogP contribution in [0.15, 0.2) is 24.8 Å². The first kappa shape index (κ1) is 19.1. The van der Waals surface area contributed by atoms with Crippen molar-refractivity contribution in [1.29, 1.82) is 0 Å². The van der Waals surface area contributed by atoms with Crippen molar-refractivity contribution in [2.45, 2.75) is 25.4 Å². The molecule has 4 N–H and O–H groups in total. The number of hydrogen-bond donors (Lipinski definition) is 4. The van der Waals surface area contributed by atoms with Crippen LogP contribution in [-0.2, 0) is 13.0 Å². The molecule has 27 heavy (non-hydrogen) atoms. The van der Waals surface area contributed by atoms with E-state index < -0.39 is 18.8 Å². The highest BCUT2D eigenvalue weighted by Crippen LogP contribution is 2.33. The molecule has 144 valence electrons. The molecule has 10 nitrogen and oxygen atoms in total. The molecule has 0 spiro atoms. The Morgan fingerprint density at radius 3 is 2.70 bits per heavy atom. The molecular formula is C16H21BN4O6. The van der Waals surface area contributed by atoms with Crippen LogP contribution in [0.1, 0.15) is 15.9 Å². The highest BCUT2D eigenvalue weighted by atomic mass is 16.5. The van der Waals surface area contributed by atoms with Crippen LogP contribution in [0.2, 0.25) is 6.32 Å². The first-order valence-electron chi connectivity index (χ1n) is 8.59. The lowest BCUT2D eigenvalue weighted by Crippen LogP contribution is -2.54. The van der Waals surface area contributed by atoms with Crippen molar-refractivity contribution < 1.29 is 29.8 Å². The van der Waals surface area contributed by atoms with Crippen LogP contribution in [-0.4, -0.2) is 78.8 Å². The second kappa shape index (κ2) is 8.38. The van der Waals surface area contributed by atoms with Crippen molar-refractivity contribution in [3.63, 3.8) is 0 Å². The van der Waals surface area contributed by atoms with Crippen molar-refractivity contribution in [1.82, 2.24) is 19.7 Å². The van der Waals surface area contributed by atoms with E-state index in [0.29, 0.717) is 25.2 Å². The highest BCUT2D eigenvalue weighted by Gasteiger charge is 2.30. The second-order valence-corrected chi connectivity index (χ2v) is 6.43. The molecule has 1 aromatic carbocycles. The molecule has 1 saturated heterocycles. The summed E-state index contributed by atoms with van der Waals surface area (Å²) in [5.74, 6) is -1.59. The van der Waals surface area contributed by atoms with Crippen LogP contribution in [0.3, 0.4) is 0 Å². The first-order chi connectivity index (χ1) is 12.9. The van der Waals surface area contributed by atoms with E-state index in [2.05, 4.69) is 15.0 Å². The Hall–Kier alpha value is -2.63. The highest BCUT2D eigenvalue weighted by molar-refractivity contribution is 6.41. The Morgan fingerprint density at radius 1 is 1.30 bits per heavy atom. The summed E-state index contributed by atoms with van der Waals surface area (Å²) in [7, 11) is -1.52. The number of aromatic carboxylic acids is 1. The van der Waals surface area contributed by atoms with Gasteiger partial charge < -0.3 is 25.0 Å². The fourth-order valence-corrected chi connectivity index (χ4v) is 2.96. The number of carboxylic acids is 1. The fourth-order valence-electron chi connectivity index (χ4n) is 2.96. The van der Waals surface area contributed by atoms with Gasteiger partial charge in [-0.1, -0.05) is 6.07 Å². The number of ether oxygens (including phenoxy) is 1. The minimum absolute atomic E-state index is 0.00379. The van der Waals surface area contributed by atoms with Gasteiger partial charge in [0.25, 0.3) is 0 Å². The molecule has 0 saturated carbocycles. The monoisotopic (exact) mass is 376 g/mol. The van der Waals surface area contributed by atoms with Crippen molar-refractivity contribution in [3.05, 3.63) is 35.9 Å². The summed E-state index contributed by atoms with van der Waals surface area (Å²) >= 11 is 0. The maximum atomic E-state index is 11.6. The number of hydrogen-bond acceptors (Lipinski definition) is 8. The Labute approximate surface area is 155 Å². The Balaban J connectivity index is 1.58. The number of phenols is 1. The molecular weight excluding hydrogens is 355 g/mol. The van der Waals surface area contributed by atoms with Crippen molar-refractivity contribution in [2.75, 3.05) is 19.6 Å². The van der Waals surface area contributed by atoms with E-state index in [-0.39, 0.29) is 30.2 Å². The maximum Gasteiger partial charge on any atom is 0.451 e. The van der Waals surface area contributed by atoms with Gasteiger partial charge >= 0.3 is 13.1 Å². The number of aromatic nitrogens is 3. The summed E-state index contributed by atoms with van der Waals surface area (Å²) in [5.41, 5.74) is 0.0249. The first-order valence-corrected chi connectivity index (χ1v) is 8.59. The molecule has 1 aromatic heterocycles. The van der Waals surface area contributed by atoms with Gasteiger partial charge in [0.15, 0.2) is 0 Å². The number of rotatable bonds is 9. The van der Waals surface area contributed by atoms with Crippen molar-refractivity contribution >= 4 is 13.1 Å². The van der Waals surface area contributed by atoms with E-state index in [0.717, 1.165) is 6.54 Å². The molecule has 1 aliphatic rings. The number of carboxylic acid groups (broad SMARTS) is 1. The second-order valence-electron chi connectivity index (χ2n) is 6.43. The van der Waals surface area contributed by atoms with E-state index in [4.69, 9.17) is 14.8 Å². The minimum Gasteiger partial charge on any atom is -0.507 e. The third-order valence-corrected chi connectivity index (χ3v) is 4.44. The summed E-state index contributed by atoms with van der Waals surface area (Å²) in [6, 6.07) is 3.04. The number of aryl methyl sites for hydroxylation is 1. The Morgan fingerprint density at radius 2 is 2.07 bits per heavy atom. The molecule has 0 unspecified atom stereocenters.